The van der Waals surface area contributed by atoms with Crippen LogP contribution in [0.3, 0.4) is 0 Å². The fourth-order valence-corrected chi connectivity index (χ4v) is 2.31. The quantitative estimate of drug-likeness (QED) is 0.841. The highest BCUT2D eigenvalue weighted by molar-refractivity contribution is 5.92. The van der Waals surface area contributed by atoms with Gasteiger partial charge in [-0.05, 0) is 12.1 Å². The van der Waals surface area contributed by atoms with Crippen molar-refractivity contribution in [2.24, 2.45) is 0 Å². The predicted octanol–water partition coefficient (Wildman–Crippen LogP) is 0.607. The van der Waals surface area contributed by atoms with E-state index in [9.17, 15) is 22.8 Å². The van der Waals surface area contributed by atoms with Crippen molar-refractivity contribution in [1.29, 1.82) is 0 Å². The fourth-order valence-electron chi connectivity index (χ4n) is 2.31. The second kappa shape index (κ2) is 6.71. The zero-order valence-electron chi connectivity index (χ0n) is 13.0. The normalized spacial score (nSPS) is 18.0. The third-order valence-corrected chi connectivity index (χ3v) is 3.65. The molecule has 0 aliphatic carbocycles. The number of ether oxygens (including phenoxy) is 1. The molecule has 3 heterocycles. The van der Waals surface area contributed by atoms with Gasteiger partial charge in [0, 0.05) is 12.7 Å². The highest BCUT2D eigenvalue weighted by Crippen LogP contribution is 2.28. The van der Waals surface area contributed by atoms with Gasteiger partial charge in [0.05, 0.1) is 24.9 Å². The first-order valence-corrected chi connectivity index (χ1v) is 7.35. The molecule has 1 fully saturated rings. The summed E-state index contributed by atoms with van der Waals surface area (Å²) in [7, 11) is 0. The summed E-state index contributed by atoms with van der Waals surface area (Å²) in [5.74, 6) is -1.69. The van der Waals surface area contributed by atoms with Crippen LogP contribution in [0.1, 0.15) is 16.1 Å². The fraction of sp³-hybridized carbons (Fsp3) is 0.357. The Kier molecular flexibility index (Phi) is 4.59. The number of pyridine rings is 1. The maximum atomic E-state index is 12.5. The summed E-state index contributed by atoms with van der Waals surface area (Å²) in [6, 6.07) is 1.94. The molecule has 1 unspecified atom stereocenters. The molecule has 9 nitrogen and oxygen atoms in total. The molecule has 0 saturated carbocycles. The van der Waals surface area contributed by atoms with Gasteiger partial charge in [-0.1, -0.05) is 5.21 Å². The Morgan fingerprint density at radius 2 is 2.08 bits per heavy atom. The van der Waals surface area contributed by atoms with Crippen molar-refractivity contribution >= 4 is 11.9 Å². The number of morpholine rings is 1. The van der Waals surface area contributed by atoms with Crippen LogP contribution < -0.4 is 0 Å². The van der Waals surface area contributed by atoms with E-state index in [2.05, 4.69) is 15.3 Å². The molecule has 2 aromatic heterocycles. The third-order valence-electron chi connectivity index (χ3n) is 3.65. The number of carbonyl (C=O) groups excluding carboxylic acids is 1. The van der Waals surface area contributed by atoms with E-state index in [0.29, 0.717) is 6.20 Å². The molecular formula is C14H12F3N5O4. The maximum Gasteiger partial charge on any atom is 0.417 e. The van der Waals surface area contributed by atoms with Gasteiger partial charge in [0.15, 0.2) is 17.6 Å². The zero-order chi connectivity index (χ0) is 18.9. The third kappa shape index (κ3) is 3.64. The molecule has 1 aliphatic heterocycles. The van der Waals surface area contributed by atoms with E-state index in [1.807, 2.05) is 0 Å². The molecule has 138 valence electrons. The van der Waals surface area contributed by atoms with Crippen LogP contribution in [0.15, 0.2) is 24.5 Å². The first-order chi connectivity index (χ1) is 12.3. The summed E-state index contributed by atoms with van der Waals surface area (Å²) in [6.45, 7) is 0.116. The summed E-state index contributed by atoms with van der Waals surface area (Å²) in [5, 5.41) is 16.3. The molecule has 2 aromatic rings. The lowest BCUT2D eigenvalue weighted by Crippen LogP contribution is -2.48. The van der Waals surface area contributed by atoms with E-state index >= 15 is 0 Å². The zero-order valence-corrected chi connectivity index (χ0v) is 13.0. The van der Waals surface area contributed by atoms with Gasteiger partial charge in [-0.3, -0.25) is 4.79 Å². The lowest BCUT2D eigenvalue weighted by molar-refractivity contribution is -0.154. The van der Waals surface area contributed by atoms with Crippen LogP contribution in [-0.2, 0) is 15.7 Å². The van der Waals surface area contributed by atoms with Crippen molar-refractivity contribution in [2.75, 3.05) is 19.7 Å². The van der Waals surface area contributed by atoms with E-state index in [1.54, 1.807) is 0 Å². The van der Waals surface area contributed by atoms with Crippen molar-refractivity contribution in [3.05, 3.63) is 35.8 Å². The molecule has 1 amide bonds. The molecule has 0 radical (unpaired) electrons. The van der Waals surface area contributed by atoms with Crippen molar-refractivity contribution in [3.8, 4) is 5.82 Å². The smallest absolute Gasteiger partial charge is 0.417 e. The van der Waals surface area contributed by atoms with Crippen LogP contribution in [-0.4, -0.2) is 67.7 Å². The second-order valence-corrected chi connectivity index (χ2v) is 5.40. The number of carbonyl (C=O) groups is 2. The van der Waals surface area contributed by atoms with Gasteiger partial charge < -0.3 is 14.7 Å². The van der Waals surface area contributed by atoms with E-state index < -0.39 is 29.7 Å². The van der Waals surface area contributed by atoms with Crippen molar-refractivity contribution in [3.63, 3.8) is 0 Å². The van der Waals surface area contributed by atoms with Crippen LogP contribution in [0, 0.1) is 0 Å². The SMILES string of the molecule is O=C(O)C1CN(C(=O)c2cn(-c3ccc(C(F)(F)F)cn3)nn2)CCO1. The predicted molar refractivity (Wildman–Crippen MR) is 77.4 cm³/mol. The summed E-state index contributed by atoms with van der Waals surface area (Å²) >= 11 is 0. The number of halogens is 3. The molecule has 26 heavy (non-hydrogen) atoms. The van der Waals surface area contributed by atoms with Gasteiger partial charge in [-0.25, -0.2) is 14.5 Å². The Hall–Kier alpha value is -3.02. The first-order valence-electron chi connectivity index (χ1n) is 7.35. The largest absolute Gasteiger partial charge is 0.479 e. The van der Waals surface area contributed by atoms with Crippen LogP contribution in [0.4, 0.5) is 13.2 Å². The van der Waals surface area contributed by atoms with E-state index in [4.69, 9.17) is 9.84 Å². The van der Waals surface area contributed by atoms with Crippen molar-refractivity contribution in [2.45, 2.75) is 12.3 Å². The van der Waals surface area contributed by atoms with Gasteiger partial charge in [0.2, 0.25) is 0 Å². The van der Waals surface area contributed by atoms with Crippen LogP contribution in [0.2, 0.25) is 0 Å². The Bertz CT molecular complexity index is 821. The lowest BCUT2D eigenvalue weighted by atomic mass is 10.2. The standard InChI is InChI=1S/C14H12F3N5O4/c15-14(16,17)8-1-2-11(18-5-8)22-6-9(19-20-22)12(23)21-3-4-26-10(7-21)13(24)25/h1-2,5-6,10H,3-4,7H2,(H,24,25). The van der Waals surface area contributed by atoms with Gasteiger partial charge >= 0.3 is 12.1 Å². The number of nitrogens with zero attached hydrogens (tertiary/aromatic N) is 5. The van der Waals surface area contributed by atoms with Gasteiger partial charge in [0.1, 0.15) is 0 Å². The van der Waals surface area contributed by atoms with Crippen LogP contribution in [0.5, 0.6) is 0 Å². The molecule has 12 heteroatoms. The number of aromatic nitrogens is 4. The number of rotatable bonds is 3. The monoisotopic (exact) mass is 371 g/mol. The van der Waals surface area contributed by atoms with Gasteiger partial charge in [-0.15, -0.1) is 5.10 Å². The Labute approximate surface area is 144 Å². The summed E-state index contributed by atoms with van der Waals surface area (Å²) in [5.41, 5.74) is -0.997. The van der Waals surface area contributed by atoms with Crippen molar-refractivity contribution < 1.29 is 32.6 Å². The van der Waals surface area contributed by atoms with E-state index in [-0.39, 0.29) is 31.2 Å². The van der Waals surface area contributed by atoms with Crippen LogP contribution >= 0.6 is 0 Å². The average Bonchev–Trinajstić information content (AvgIpc) is 3.10. The molecular weight excluding hydrogens is 359 g/mol. The summed E-state index contributed by atoms with van der Waals surface area (Å²) in [4.78, 5) is 28.3. The van der Waals surface area contributed by atoms with E-state index in [0.717, 1.165) is 16.8 Å². The minimum Gasteiger partial charge on any atom is -0.479 e. The number of aliphatic carboxylic acids is 1. The molecule has 0 spiro atoms. The van der Waals surface area contributed by atoms with Gasteiger partial charge in [0.25, 0.3) is 5.91 Å². The second-order valence-electron chi connectivity index (χ2n) is 5.40. The minimum absolute atomic E-state index is 0.0509. The number of hydrogen-bond acceptors (Lipinski definition) is 6. The van der Waals surface area contributed by atoms with Crippen LogP contribution in [0.25, 0.3) is 5.82 Å². The summed E-state index contributed by atoms with van der Waals surface area (Å²) in [6.07, 6.45) is -3.77. The number of amides is 1. The molecule has 0 aromatic carbocycles. The molecule has 1 N–H and O–H groups in total. The van der Waals surface area contributed by atoms with E-state index in [1.165, 1.54) is 11.1 Å². The maximum absolute atomic E-state index is 12.5. The molecule has 1 saturated heterocycles. The Morgan fingerprint density at radius 1 is 1.31 bits per heavy atom. The Balaban J connectivity index is 1.75. The highest BCUT2D eigenvalue weighted by atomic mass is 19.4. The number of carboxylic acids is 1. The minimum atomic E-state index is -4.51. The molecule has 0 bridgehead atoms. The molecule has 1 atom stereocenters. The number of carboxylic acid groups (broad SMARTS) is 1. The number of alkyl halides is 3. The van der Waals surface area contributed by atoms with Crippen molar-refractivity contribution in [1.82, 2.24) is 24.9 Å². The topological polar surface area (TPSA) is 110 Å². The van der Waals surface area contributed by atoms with Gasteiger partial charge in [-0.2, -0.15) is 13.2 Å². The molecule has 3 rings (SSSR count). The Morgan fingerprint density at radius 3 is 2.69 bits per heavy atom. The first kappa shape index (κ1) is 17.8. The highest BCUT2D eigenvalue weighted by Gasteiger charge is 2.32. The number of hydrogen-bond donors (Lipinski definition) is 1. The average molecular weight is 371 g/mol. The summed E-state index contributed by atoms with van der Waals surface area (Å²) < 4.78 is 43.7. The molecule has 1 aliphatic rings. The lowest BCUT2D eigenvalue weighted by Gasteiger charge is -2.30.